The van der Waals surface area contributed by atoms with Crippen molar-refractivity contribution in [1.82, 2.24) is 0 Å². The number of ether oxygens (including phenoxy) is 2. The maximum atomic E-state index is 10.7. The molecule has 1 aromatic rings. The average Bonchev–Trinajstić information content (AvgIpc) is 2.35. The summed E-state index contributed by atoms with van der Waals surface area (Å²) in [6, 6.07) is 3.91. The van der Waals surface area contributed by atoms with Crippen LogP contribution in [0.15, 0.2) is 12.1 Å². The second-order valence-corrected chi connectivity index (χ2v) is 4.74. The van der Waals surface area contributed by atoms with Crippen molar-refractivity contribution in [1.29, 1.82) is 0 Å². The number of hydrogen-bond donors (Lipinski definition) is 1. The van der Waals surface area contributed by atoms with Gasteiger partial charge in [0.1, 0.15) is 13.2 Å². The van der Waals surface area contributed by atoms with E-state index in [2.05, 4.69) is 13.8 Å². The maximum absolute atomic E-state index is 10.7. The molecule has 1 heterocycles. The molecule has 1 N–H and O–H groups in total. The van der Waals surface area contributed by atoms with Gasteiger partial charge in [-0.3, -0.25) is 4.79 Å². The number of carboxylic acids is 1. The van der Waals surface area contributed by atoms with Crippen LogP contribution in [0, 0.1) is 0 Å². The van der Waals surface area contributed by atoms with E-state index in [4.69, 9.17) is 14.6 Å². The molecule has 4 heteroatoms. The summed E-state index contributed by atoms with van der Waals surface area (Å²) in [5.41, 5.74) is 2.18. The highest BCUT2D eigenvalue weighted by molar-refractivity contribution is 5.67. The minimum atomic E-state index is -0.778. The molecule has 18 heavy (non-hydrogen) atoms. The van der Waals surface area contributed by atoms with Crippen LogP contribution in [-0.2, 0) is 11.2 Å². The third-order valence-electron chi connectivity index (χ3n) is 3.03. The van der Waals surface area contributed by atoms with E-state index in [1.807, 2.05) is 12.1 Å². The molecule has 0 unspecified atom stereocenters. The first-order chi connectivity index (χ1) is 8.58. The Hall–Kier alpha value is -1.71. The summed E-state index contributed by atoms with van der Waals surface area (Å²) in [6.45, 7) is 5.30. The molecule has 2 rings (SSSR count). The fourth-order valence-electron chi connectivity index (χ4n) is 2.14. The van der Waals surface area contributed by atoms with Crippen molar-refractivity contribution in [2.75, 3.05) is 13.2 Å². The van der Waals surface area contributed by atoms with Gasteiger partial charge in [0.2, 0.25) is 0 Å². The average molecular weight is 250 g/mol. The van der Waals surface area contributed by atoms with Gasteiger partial charge in [-0.15, -0.1) is 0 Å². The number of aryl methyl sites for hydroxylation is 1. The molecule has 0 saturated carbocycles. The standard InChI is InChI=1S/C14H18O4/c1-9(2)11-8-13-12(17-5-6-18-13)7-10(11)3-4-14(15)16/h7-9H,3-6H2,1-2H3,(H,15,16). The first-order valence-corrected chi connectivity index (χ1v) is 6.22. The zero-order valence-electron chi connectivity index (χ0n) is 10.7. The zero-order valence-corrected chi connectivity index (χ0v) is 10.7. The minimum absolute atomic E-state index is 0.138. The van der Waals surface area contributed by atoms with Crippen molar-refractivity contribution in [3.05, 3.63) is 23.3 Å². The van der Waals surface area contributed by atoms with E-state index >= 15 is 0 Å². The van der Waals surface area contributed by atoms with E-state index in [9.17, 15) is 4.79 Å². The summed E-state index contributed by atoms with van der Waals surface area (Å²) >= 11 is 0. The Morgan fingerprint density at radius 3 is 2.44 bits per heavy atom. The highest BCUT2D eigenvalue weighted by Gasteiger charge is 2.17. The maximum Gasteiger partial charge on any atom is 0.303 e. The number of aliphatic carboxylic acids is 1. The summed E-state index contributed by atoms with van der Waals surface area (Å²) in [4.78, 5) is 10.7. The molecule has 0 aliphatic carbocycles. The third-order valence-corrected chi connectivity index (χ3v) is 3.03. The van der Waals surface area contributed by atoms with Crippen molar-refractivity contribution in [2.45, 2.75) is 32.6 Å². The summed E-state index contributed by atoms with van der Waals surface area (Å²) in [5, 5.41) is 8.79. The molecule has 0 spiro atoms. The number of benzene rings is 1. The highest BCUT2D eigenvalue weighted by atomic mass is 16.6. The number of rotatable bonds is 4. The lowest BCUT2D eigenvalue weighted by Crippen LogP contribution is -2.16. The minimum Gasteiger partial charge on any atom is -0.486 e. The van der Waals surface area contributed by atoms with E-state index in [1.165, 1.54) is 0 Å². The topological polar surface area (TPSA) is 55.8 Å². The lowest BCUT2D eigenvalue weighted by molar-refractivity contribution is -0.136. The van der Waals surface area contributed by atoms with Gasteiger partial charge >= 0.3 is 5.97 Å². The number of hydrogen-bond acceptors (Lipinski definition) is 3. The Bertz CT molecular complexity index is 451. The first kappa shape index (κ1) is 12.7. The molecule has 1 aliphatic rings. The van der Waals surface area contributed by atoms with Crippen LogP contribution < -0.4 is 9.47 Å². The van der Waals surface area contributed by atoms with Crippen molar-refractivity contribution in [3.63, 3.8) is 0 Å². The second kappa shape index (κ2) is 5.29. The van der Waals surface area contributed by atoms with Gasteiger partial charge in [0.15, 0.2) is 11.5 Å². The molecule has 0 radical (unpaired) electrons. The van der Waals surface area contributed by atoms with E-state index < -0.39 is 5.97 Å². The van der Waals surface area contributed by atoms with Crippen LogP contribution in [0.4, 0.5) is 0 Å². The predicted octanol–water partition coefficient (Wildman–Crippen LogP) is 2.60. The van der Waals surface area contributed by atoms with Gasteiger partial charge in [-0.2, -0.15) is 0 Å². The molecular formula is C14H18O4. The molecule has 0 saturated heterocycles. The summed E-state index contributed by atoms with van der Waals surface area (Å²) in [6.07, 6.45) is 0.666. The van der Waals surface area contributed by atoms with Crippen molar-refractivity contribution < 1.29 is 19.4 Å². The quantitative estimate of drug-likeness (QED) is 0.892. The lowest BCUT2D eigenvalue weighted by Gasteiger charge is -2.22. The van der Waals surface area contributed by atoms with Crippen LogP contribution >= 0.6 is 0 Å². The van der Waals surface area contributed by atoms with Gasteiger partial charge in [-0.05, 0) is 35.6 Å². The predicted molar refractivity (Wildman–Crippen MR) is 67.5 cm³/mol. The molecule has 0 aromatic heterocycles. The van der Waals surface area contributed by atoms with Gasteiger partial charge in [0, 0.05) is 6.42 Å². The van der Waals surface area contributed by atoms with Crippen LogP contribution in [-0.4, -0.2) is 24.3 Å². The van der Waals surface area contributed by atoms with Crippen LogP contribution in [0.25, 0.3) is 0 Å². The van der Waals surface area contributed by atoms with Gasteiger partial charge in [-0.25, -0.2) is 0 Å². The Balaban J connectivity index is 2.32. The van der Waals surface area contributed by atoms with E-state index in [1.54, 1.807) is 0 Å². The molecule has 98 valence electrons. The monoisotopic (exact) mass is 250 g/mol. The molecule has 0 atom stereocenters. The SMILES string of the molecule is CC(C)c1cc2c(cc1CCC(=O)O)OCCO2. The van der Waals surface area contributed by atoms with Gasteiger partial charge < -0.3 is 14.6 Å². The van der Waals surface area contributed by atoms with Crippen LogP contribution in [0.3, 0.4) is 0 Å². The summed E-state index contributed by atoms with van der Waals surface area (Å²) in [7, 11) is 0. The zero-order chi connectivity index (χ0) is 13.1. The van der Waals surface area contributed by atoms with Gasteiger partial charge in [0.05, 0.1) is 0 Å². The molecule has 0 amide bonds. The third kappa shape index (κ3) is 2.75. The van der Waals surface area contributed by atoms with Gasteiger partial charge in [0.25, 0.3) is 0 Å². The molecule has 0 bridgehead atoms. The fourth-order valence-corrected chi connectivity index (χ4v) is 2.14. The normalized spacial score (nSPS) is 13.7. The molecular weight excluding hydrogens is 232 g/mol. The Kier molecular flexibility index (Phi) is 3.75. The van der Waals surface area contributed by atoms with Crippen LogP contribution in [0.1, 0.15) is 37.3 Å². The molecule has 4 nitrogen and oxygen atoms in total. The highest BCUT2D eigenvalue weighted by Crippen LogP contribution is 2.36. The second-order valence-electron chi connectivity index (χ2n) is 4.74. The van der Waals surface area contributed by atoms with Crippen LogP contribution in [0.2, 0.25) is 0 Å². The molecule has 1 aliphatic heterocycles. The first-order valence-electron chi connectivity index (χ1n) is 6.22. The summed E-state index contributed by atoms with van der Waals surface area (Å²) in [5.74, 6) is 1.05. The van der Waals surface area contributed by atoms with Gasteiger partial charge in [-0.1, -0.05) is 13.8 Å². The molecule has 0 fully saturated rings. The summed E-state index contributed by atoms with van der Waals surface area (Å²) < 4.78 is 11.1. The van der Waals surface area contributed by atoms with Crippen LogP contribution in [0.5, 0.6) is 11.5 Å². The number of fused-ring (bicyclic) bond motifs is 1. The van der Waals surface area contributed by atoms with Crippen molar-refractivity contribution in [2.24, 2.45) is 0 Å². The smallest absolute Gasteiger partial charge is 0.303 e. The van der Waals surface area contributed by atoms with Crippen molar-refractivity contribution >= 4 is 5.97 Å². The number of carboxylic acid groups (broad SMARTS) is 1. The largest absolute Gasteiger partial charge is 0.486 e. The Labute approximate surface area is 107 Å². The Morgan fingerprint density at radius 1 is 1.28 bits per heavy atom. The van der Waals surface area contributed by atoms with E-state index in [-0.39, 0.29) is 6.42 Å². The fraction of sp³-hybridized carbons (Fsp3) is 0.500. The van der Waals surface area contributed by atoms with E-state index in [0.717, 1.165) is 22.6 Å². The van der Waals surface area contributed by atoms with Crippen molar-refractivity contribution in [3.8, 4) is 11.5 Å². The Morgan fingerprint density at radius 2 is 1.89 bits per heavy atom. The molecule has 1 aromatic carbocycles. The lowest BCUT2D eigenvalue weighted by atomic mass is 9.93. The van der Waals surface area contributed by atoms with E-state index in [0.29, 0.717) is 25.6 Å². The number of carbonyl (C=O) groups is 1.